The van der Waals surface area contributed by atoms with Gasteiger partial charge >= 0.3 is 5.97 Å². The van der Waals surface area contributed by atoms with E-state index in [4.69, 9.17) is 4.74 Å². The second kappa shape index (κ2) is 6.54. The van der Waals surface area contributed by atoms with E-state index < -0.39 is 17.3 Å². The van der Waals surface area contributed by atoms with E-state index in [2.05, 4.69) is 15.5 Å². The van der Waals surface area contributed by atoms with Crippen LogP contribution >= 0.6 is 0 Å². The second-order valence-corrected chi connectivity index (χ2v) is 5.81. The van der Waals surface area contributed by atoms with Crippen LogP contribution < -0.4 is 5.32 Å². The Bertz CT molecular complexity index is 449. The monoisotopic (exact) mass is 281 g/mol. The highest BCUT2D eigenvalue weighted by molar-refractivity contribution is 5.98. The summed E-state index contributed by atoms with van der Waals surface area (Å²) in [6.45, 7) is 9.36. The van der Waals surface area contributed by atoms with Crippen LogP contribution in [0.3, 0.4) is 0 Å². The Balaban J connectivity index is 2.81. The summed E-state index contributed by atoms with van der Waals surface area (Å²) >= 11 is 0. The number of rotatable bonds is 5. The Morgan fingerprint density at radius 1 is 1.45 bits per heavy atom. The van der Waals surface area contributed by atoms with E-state index >= 15 is 0 Å². The molecule has 1 amide bonds. The first-order valence-corrected chi connectivity index (χ1v) is 6.73. The molecule has 0 aromatic carbocycles. The van der Waals surface area contributed by atoms with Gasteiger partial charge in [0.05, 0.1) is 18.8 Å². The maximum atomic E-state index is 12.4. The summed E-state index contributed by atoms with van der Waals surface area (Å²) in [5.74, 6) is -1.65. The van der Waals surface area contributed by atoms with Crippen LogP contribution in [0.15, 0.2) is 12.4 Å². The molecule has 6 nitrogen and oxygen atoms in total. The van der Waals surface area contributed by atoms with Gasteiger partial charge in [-0.05, 0) is 19.3 Å². The van der Waals surface area contributed by atoms with Gasteiger partial charge in [0, 0.05) is 11.8 Å². The van der Waals surface area contributed by atoms with Crippen LogP contribution in [0.25, 0.3) is 0 Å². The van der Waals surface area contributed by atoms with Crippen molar-refractivity contribution in [2.24, 2.45) is 11.3 Å². The van der Waals surface area contributed by atoms with Gasteiger partial charge in [-0.3, -0.25) is 14.7 Å². The number of hydrogen-bond acceptors (Lipinski definition) is 4. The van der Waals surface area contributed by atoms with E-state index in [1.54, 1.807) is 19.3 Å². The highest BCUT2D eigenvalue weighted by atomic mass is 16.5. The molecule has 2 unspecified atom stereocenters. The molecule has 112 valence electrons. The van der Waals surface area contributed by atoms with Crippen molar-refractivity contribution in [3.8, 4) is 0 Å². The van der Waals surface area contributed by atoms with E-state index in [1.165, 1.54) is 0 Å². The summed E-state index contributed by atoms with van der Waals surface area (Å²) in [6.07, 6.45) is 3.35. The summed E-state index contributed by atoms with van der Waals surface area (Å²) in [5, 5.41) is 9.36. The van der Waals surface area contributed by atoms with Gasteiger partial charge in [0.2, 0.25) is 5.91 Å². The van der Waals surface area contributed by atoms with E-state index in [0.717, 1.165) is 5.56 Å². The average Bonchev–Trinajstić information content (AvgIpc) is 2.80. The Labute approximate surface area is 119 Å². The molecule has 0 saturated carbocycles. The van der Waals surface area contributed by atoms with Crippen molar-refractivity contribution >= 4 is 11.9 Å². The number of esters is 1. The van der Waals surface area contributed by atoms with Crippen molar-refractivity contribution in [3.63, 3.8) is 0 Å². The van der Waals surface area contributed by atoms with E-state index in [9.17, 15) is 9.59 Å². The molecule has 0 spiro atoms. The molecule has 0 aliphatic heterocycles. The Kier molecular flexibility index (Phi) is 5.30. The lowest BCUT2D eigenvalue weighted by molar-refractivity contribution is -0.156. The molecule has 0 aliphatic rings. The van der Waals surface area contributed by atoms with Gasteiger partial charge in [-0.2, -0.15) is 5.10 Å². The van der Waals surface area contributed by atoms with Crippen LogP contribution in [-0.2, 0) is 14.3 Å². The number of aromatic nitrogens is 2. The molecular formula is C14H23N3O3. The Morgan fingerprint density at radius 2 is 2.10 bits per heavy atom. The summed E-state index contributed by atoms with van der Waals surface area (Å²) in [5.41, 5.74) is 0.349. The molecule has 1 rings (SSSR count). The van der Waals surface area contributed by atoms with Gasteiger partial charge in [0.1, 0.15) is 5.92 Å². The first kappa shape index (κ1) is 16.2. The fourth-order valence-corrected chi connectivity index (χ4v) is 1.96. The molecule has 0 radical (unpaired) electrons. The maximum absolute atomic E-state index is 12.4. The number of H-pyrrole nitrogens is 1. The summed E-state index contributed by atoms with van der Waals surface area (Å²) in [7, 11) is 0. The van der Waals surface area contributed by atoms with Crippen molar-refractivity contribution in [2.75, 3.05) is 6.61 Å². The molecule has 0 aliphatic carbocycles. The van der Waals surface area contributed by atoms with Crippen LogP contribution in [0.2, 0.25) is 0 Å². The van der Waals surface area contributed by atoms with Gasteiger partial charge in [-0.1, -0.05) is 20.8 Å². The maximum Gasteiger partial charge on any atom is 0.319 e. The minimum Gasteiger partial charge on any atom is -0.465 e. The van der Waals surface area contributed by atoms with Crippen LogP contribution in [-0.4, -0.2) is 28.7 Å². The van der Waals surface area contributed by atoms with Crippen molar-refractivity contribution in [1.82, 2.24) is 15.5 Å². The molecule has 20 heavy (non-hydrogen) atoms. The zero-order valence-corrected chi connectivity index (χ0v) is 12.7. The zero-order valence-electron chi connectivity index (χ0n) is 12.7. The lowest BCUT2D eigenvalue weighted by Gasteiger charge is -2.28. The number of hydrogen-bond donors (Lipinski definition) is 2. The molecule has 2 N–H and O–H groups in total. The largest absolute Gasteiger partial charge is 0.465 e. The van der Waals surface area contributed by atoms with Gasteiger partial charge in [0.15, 0.2) is 0 Å². The average molecular weight is 281 g/mol. The molecule has 1 aromatic heterocycles. The molecule has 0 bridgehead atoms. The summed E-state index contributed by atoms with van der Waals surface area (Å²) in [4.78, 5) is 24.4. The number of ether oxygens (including phenoxy) is 1. The number of aromatic amines is 1. The molecule has 0 saturated heterocycles. The van der Waals surface area contributed by atoms with Gasteiger partial charge < -0.3 is 10.1 Å². The fourth-order valence-electron chi connectivity index (χ4n) is 1.96. The van der Waals surface area contributed by atoms with Crippen molar-refractivity contribution in [2.45, 2.75) is 40.7 Å². The number of nitrogens with zero attached hydrogens (tertiary/aromatic N) is 1. The lowest BCUT2D eigenvalue weighted by Crippen LogP contribution is -2.44. The number of carbonyl (C=O) groups excluding carboxylic acids is 2. The van der Waals surface area contributed by atoms with Crippen LogP contribution in [0.1, 0.15) is 46.2 Å². The normalized spacial score (nSPS) is 14.4. The molecule has 2 atom stereocenters. The quantitative estimate of drug-likeness (QED) is 0.637. The molecule has 0 fully saturated rings. The van der Waals surface area contributed by atoms with Crippen LogP contribution in [0.4, 0.5) is 0 Å². The Morgan fingerprint density at radius 3 is 2.55 bits per heavy atom. The van der Waals surface area contributed by atoms with Crippen molar-refractivity contribution in [3.05, 3.63) is 18.0 Å². The van der Waals surface area contributed by atoms with E-state index in [0.29, 0.717) is 0 Å². The van der Waals surface area contributed by atoms with Gasteiger partial charge in [-0.25, -0.2) is 0 Å². The van der Waals surface area contributed by atoms with E-state index in [1.807, 2.05) is 27.7 Å². The van der Waals surface area contributed by atoms with Crippen molar-refractivity contribution < 1.29 is 14.3 Å². The predicted octanol–water partition coefficient (Wildman–Crippen LogP) is 1.81. The minimum atomic E-state index is -0.836. The number of nitrogens with one attached hydrogen (secondary N) is 2. The topological polar surface area (TPSA) is 84.1 Å². The number of amides is 1. The first-order valence-electron chi connectivity index (χ1n) is 6.73. The smallest absolute Gasteiger partial charge is 0.319 e. The fraction of sp³-hybridized carbons (Fsp3) is 0.643. The minimum absolute atomic E-state index is 0.222. The lowest BCUT2D eigenvalue weighted by atomic mass is 9.80. The van der Waals surface area contributed by atoms with Crippen molar-refractivity contribution in [1.29, 1.82) is 0 Å². The molecule has 1 heterocycles. The zero-order chi connectivity index (χ0) is 15.3. The second-order valence-electron chi connectivity index (χ2n) is 5.81. The van der Waals surface area contributed by atoms with Crippen LogP contribution in [0, 0.1) is 11.3 Å². The molecule has 6 heteroatoms. The molecule has 1 aromatic rings. The number of carbonyl (C=O) groups is 2. The standard InChI is InChI=1S/C14H23N3O3/c1-6-20-13(19)11(14(3,4)5)12(18)17-9(2)10-7-15-16-8-10/h7-9,11H,6H2,1-5H3,(H,15,16)(H,17,18). The van der Waals surface area contributed by atoms with Gasteiger partial charge in [0.25, 0.3) is 0 Å². The molecular weight excluding hydrogens is 258 g/mol. The highest BCUT2D eigenvalue weighted by Gasteiger charge is 2.39. The Hall–Kier alpha value is -1.85. The first-order chi connectivity index (χ1) is 9.27. The third-order valence-electron chi connectivity index (χ3n) is 3.03. The predicted molar refractivity (Wildman–Crippen MR) is 74.7 cm³/mol. The highest BCUT2D eigenvalue weighted by Crippen LogP contribution is 2.28. The van der Waals surface area contributed by atoms with Crippen LogP contribution in [0.5, 0.6) is 0 Å². The SMILES string of the molecule is CCOC(=O)C(C(=O)NC(C)c1cn[nH]c1)C(C)(C)C. The third kappa shape index (κ3) is 4.08. The summed E-state index contributed by atoms with van der Waals surface area (Å²) in [6, 6.07) is -0.222. The third-order valence-corrected chi connectivity index (χ3v) is 3.03. The van der Waals surface area contributed by atoms with E-state index in [-0.39, 0.29) is 18.6 Å². The summed E-state index contributed by atoms with van der Waals surface area (Å²) < 4.78 is 5.01. The van der Waals surface area contributed by atoms with Gasteiger partial charge in [-0.15, -0.1) is 0 Å².